The van der Waals surface area contributed by atoms with Crippen LogP contribution in [0.1, 0.15) is 24.1 Å². The lowest BCUT2D eigenvalue weighted by Gasteiger charge is -2.27. The zero-order valence-corrected chi connectivity index (χ0v) is 15.8. The highest BCUT2D eigenvalue weighted by molar-refractivity contribution is 6.08. The van der Waals surface area contributed by atoms with E-state index in [1.807, 2.05) is 73.6 Å². The average Bonchev–Trinajstić information content (AvgIpc) is 2.92. The van der Waals surface area contributed by atoms with Crippen LogP contribution in [0.15, 0.2) is 65.9 Å². The summed E-state index contributed by atoms with van der Waals surface area (Å²) in [6.45, 7) is 1.81. The van der Waals surface area contributed by atoms with E-state index in [2.05, 4.69) is 0 Å². The van der Waals surface area contributed by atoms with Gasteiger partial charge in [0.25, 0.3) is 5.91 Å². The molecule has 1 amide bonds. The predicted octanol–water partition coefficient (Wildman–Crippen LogP) is 3.28. The molecule has 5 heteroatoms. The number of hydrogen-bond acceptors (Lipinski definition) is 4. The summed E-state index contributed by atoms with van der Waals surface area (Å²) in [5, 5.41) is 10.3. The summed E-state index contributed by atoms with van der Waals surface area (Å²) in [6.07, 6.45) is 0.650. The second-order valence-electron chi connectivity index (χ2n) is 6.94. The number of benzene rings is 2. The Labute approximate surface area is 159 Å². The Morgan fingerprint density at radius 3 is 2.26 bits per heavy atom. The highest BCUT2D eigenvalue weighted by atomic mass is 16.3. The van der Waals surface area contributed by atoms with Gasteiger partial charge in [-0.2, -0.15) is 0 Å². The molecule has 140 valence electrons. The molecule has 0 saturated carbocycles. The van der Waals surface area contributed by atoms with Crippen molar-refractivity contribution in [2.24, 2.45) is 0 Å². The molecule has 1 unspecified atom stereocenters. The summed E-state index contributed by atoms with van der Waals surface area (Å²) in [6, 6.07) is 17.0. The molecule has 2 aromatic carbocycles. The van der Waals surface area contributed by atoms with Crippen molar-refractivity contribution >= 4 is 17.4 Å². The third kappa shape index (κ3) is 3.72. The SMILES string of the molecule is CC(=O)C1=C(O)C(=O)N(CCc2ccccc2)C1c1ccc(N(C)C)cc1. The number of nitrogens with zero attached hydrogens (tertiary/aromatic N) is 2. The van der Waals surface area contributed by atoms with Crippen LogP contribution in [-0.4, -0.2) is 42.3 Å². The van der Waals surface area contributed by atoms with Crippen molar-refractivity contribution in [3.63, 3.8) is 0 Å². The minimum absolute atomic E-state index is 0.172. The molecular formula is C22H24N2O3. The number of anilines is 1. The van der Waals surface area contributed by atoms with Crippen LogP contribution in [0.3, 0.4) is 0 Å². The van der Waals surface area contributed by atoms with E-state index in [0.717, 1.165) is 16.8 Å². The minimum Gasteiger partial charge on any atom is -0.503 e. The topological polar surface area (TPSA) is 60.9 Å². The molecular weight excluding hydrogens is 340 g/mol. The zero-order valence-electron chi connectivity index (χ0n) is 15.8. The van der Waals surface area contributed by atoms with Gasteiger partial charge in [0.2, 0.25) is 0 Å². The van der Waals surface area contributed by atoms with Gasteiger partial charge in [-0.1, -0.05) is 42.5 Å². The summed E-state index contributed by atoms with van der Waals surface area (Å²) >= 11 is 0. The van der Waals surface area contributed by atoms with Crippen molar-refractivity contribution in [3.05, 3.63) is 77.1 Å². The van der Waals surface area contributed by atoms with Gasteiger partial charge in [-0.25, -0.2) is 0 Å². The van der Waals surface area contributed by atoms with E-state index in [1.54, 1.807) is 4.90 Å². The molecule has 1 aliphatic heterocycles. The minimum atomic E-state index is -0.560. The second kappa shape index (κ2) is 7.66. The maximum atomic E-state index is 12.7. The van der Waals surface area contributed by atoms with E-state index >= 15 is 0 Å². The normalized spacial score (nSPS) is 16.8. The van der Waals surface area contributed by atoms with Gasteiger partial charge >= 0.3 is 0 Å². The van der Waals surface area contributed by atoms with Gasteiger partial charge in [0, 0.05) is 26.3 Å². The maximum absolute atomic E-state index is 12.7. The summed E-state index contributed by atoms with van der Waals surface area (Å²) < 4.78 is 0. The smallest absolute Gasteiger partial charge is 0.290 e. The molecule has 0 radical (unpaired) electrons. The number of rotatable bonds is 6. The predicted molar refractivity (Wildman–Crippen MR) is 106 cm³/mol. The molecule has 5 nitrogen and oxygen atoms in total. The van der Waals surface area contributed by atoms with Crippen LogP contribution in [0.2, 0.25) is 0 Å². The molecule has 1 atom stereocenters. The Kier molecular flexibility index (Phi) is 5.31. The lowest BCUT2D eigenvalue weighted by molar-refractivity contribution is -0.129. The van der Waals surface area contributed by atoms with Crippen molar-refractivity contribution < 1.29 is 14.7 Å². The first kappa shape index (κ1) is 18.7. The van der Waals surface area contributed by atoms with E-state index in [1.165, 1.54) is 6.92 Å². The number of amides is 1. The number of aliphatic hydroxyl groups is 1. The Balaban J connectivity index is 1.93. The molecule has 2 aromatic rings. The van der Waals surface area contributed by atoms with E-state index < -0.39 is 17.7 Å². The molecule has 0 bridgehead atoms. The fraction of sp³-hybridized carbons (Fsp3) is 0.273. The Hall–Kier alpha value is -3.08. The molecule has 0 saturated heterocycles. The van der Waals surface area contributed by atoms with Crippen molar-refractivity contribution in [3.8, 4) is 0 Å². The number of ketones is 1. The van der Waals surface area contributed by atoms with E-state index in [0.29, 0.717) is 13.0 Å². The first-order valence-corrected chi connectivity index (χ1v) is 8.96. The molecule has 1 N–H and O–H groups in total. The van der Waals surface area contributed by atoms with E-state index in [9.17, 15) is 14.7 Å². The van der Waals surface area contributed by atoms with Crippen LogP contribution in [0.4, 0.5) is 5.69 Å². The lowest BCUT2D eigenvalue weighted by Crippen LogP contribution is -2.33. The van der Waals surface area contributed by atoms with Crippen LogP contribution < -0.4 is 4.90 Å². The maximum Gasteiger partial charge on any atom is 0.290 e. The number of carbonyl (C=O) groups excluding carboxylic acids is 2. The molecule has 3 rings (SSSR count). The second-order valence-corrected chi connectivity index (χ2v) is 6.94. The van der Waals surface area contributed by atoms with Crippen molar-refractivity contribution in [2.45, 2.75) is 19.4 Å². The largest absolute Gasteiger partial charge is 0.503 e. The van der Waals surface area contributed by atoms with Gasteiger partial charge in [0.15, 0.2) is 11.5 Å². The number of aliphatic hydroxyl groups excluding tert-OH is 1. The van der Waals surface area contributed by atoms with Crippen LogP contribution in [-0.2, 0) is 16.0 Å². The first-order chi connectivity index (χ1) is 12.9. The number of Topliss-reactive ketones (excluding diaryl/α,β-unsaturated/α-hetero) is 1. The van der Waals surface area contributed by atoms with Crippen LogP contribution in [0.5, 0.6) is 0 Å². The monoisotopic (exact) mass is 364 g/mol. The molecule has 0 aromatic heterocycles. The highest BCUT2D eigenvalue weighted by Crippen LogP contribution is 2.38. The Morgan fingerprint density at radius 2 is 1.70 bits per heavy atom. The Morgan fingerprint density at radius 1 is 1.07 bits per heavy atom. The average molecular weight is 364 g/mol. The fourth-order valence-electron chi connectivity index (χ4n) is 3.44. The molecule has 1 aliphatic rings. The van der Waals surface area contributed by atoms with E-state index in [-0.39, 0.29) is 11.4 Å². The van der Waals surface area contributed by atoms with Crippen molar-refractivity contribution in [1.82, 2.24) is 4.90 Å². The van der Waals surface area contributed by atoms with Crippen LogP contribution in [0.25, 0.3) is 0 Å². The fourth-order valence-corrected chi connectivity index (χ4v) is 3.44. The zero-order chi connectivity index (χ0) is 19.6. The summed E-state index contributed by atoms with van der Waals surface area (Å²) in [5.74, 6) is -1.21. The van der Waals surface area contributed by atoms with E-state index in [4.69, 9.17) is 0 Å². The van der Waals surface area contributed by atoms with Gasteiger partial charge in [0.1, 0.15) is 0 Å². The van der Waals surface area contributed by atoms with Gasteiger partial charge < -0.3 is 14.9 Å². The molecule has 0 fully saturated rings. The summed E-state index contributed by atoms with van der Waals surface area (Å²) in [4.78, 5) is 28.4. The first-order valence-electron chi connectivity index (χ1n) is 8.96. The molecule has 0 spiro atoms. The lowest BCUT2D eigenvalue weighted by atomic mass is 9.96. The Bertz CT molecular complexity index is 870. The number of hydrogen-bond donors (Lipinski definition) is 1. The third-order valence-electron chi connectivity index (χ3n) is 4.89. The highest BCUT2D eigenvalue weighted by Gasteiger charge is 2.41. The standard InChI is InChI=1S/C22H24N2O3/c1-15(25)19-20(17-9-11-18(12-10-17)23(2)3)24(22(27)21(19)26)14-13-16-7-5-4-6-8-16/h4-12,20,26H,13-14H2,1-3H3. The van der Waals surface area contributed by atoms with Crippen LogP contribution >= 0.6 is 0 Å². The van der Waals surface area contributed by atoms with Crippen molar-refractivity contribution in [2.75, 3.05) is 25.5 Å². The van der Waals surface area contributed by atoms with Crippen LogP contribution in [0, 0.1) is 0 Å². The molecule has 27 heavy (non-hydrogen) atoms. The van der Waals surface area contributed by atoms with Gasteiger partial charge in [-0.15, -0.1) is 0 Å². The van der Waals surface area contributed by atoms with Gasteiger partial charge in [-0.3, -0.25) is 9.59 Å². The summed E-state index contributed by atoms with van der Waals surface area (Å²) in [5.41, 5.74) is 3.11. The van der Waals surface area contributed by atoms with Gasteiger partial charge in [-0.05, 0) is 36.6 Å². The summed E-state index contributed by atoms with van der Waals surface area (Å²) in [7, 11) is 3.90. The van der Waals surface area contributed by atoms with Gasteiger partial charge in [0.05, 0.1) is 11.6 Å². The molecule has 0 aliphatic carbocycles. The number of carbonyl (C=O) groups is 2. The molecule has 1 heterocycles. The quantitative estimate of drug-likeness (QED) is 0.855. The third-order valence-corrected chi connectivity index (χ3v) is 4.89. The van der Waals surface area contributed by atoms with Crippen molar-refractivity contribution in [1.29, 1.82) is 0 Å².